The third-order valence-electron chi connectivity index (χ3n) is 5.57. The van der Waals surface area contributed by atoms with E-state index in [1.165, 1.54) is 16.8 Å². The van der Waals surface area contributed by atoms with E-state index >= 15 is 0 Å². The molecule has 0 atom stereocenters. The number of halogens is 1. The molecule has 1 aromatic carbocycles. The first-order valence-corrected chi connectivity index (χ1v) is 10.8. The lowest BCUT2D eigenvalue weighted by atomic mass is 10.1. The van der Waals surface area contributed by atoms with Crippen molar-refractivity contribution in [1.82, 2.24) is 20.0 Å². The second-order valence-electron chi connectivity index (χ2n) is 7.60. The number of piperidine rings is 1. The Morgan fingerprint density at radius 1 is 1.17 bits per heavy atom. The third-order valence-corrected chi connectivity index (χ3v) is 5.57. The summed E-state index contributed by atoms with van der Waals surface area (Å²) in [4.78, 5) is 7.32. The average Bonchev–Trinajstić information content (AvgIpc) is 3.00. The van der Waals surface area contributed by atoms with Crippen LogP contribution in [0, 0.1) is 13.8 Å². The standard InChI is InChI=1S/C23H35N5O.HI/c1-5-24-23(27-14-12-21(13-15-27)29-6-2)25-16-22-18(3)26-28(19(22)4)17-20-10-8-7-9-11-20;/h7-11,21H,5-6,12-17H2,1-4H3,(H,24,25);1H. The molecule has 0 radical (unpaired) electrons. The fourth-order valence-corrected chi connectivity index (χ4v) is 3.92. The van der Waals surface area contributed by atoms with Gasteiger partial charge in [-0.3, -0.25) is 4.68 Å². The van der Waals surface area contributed by atoms with Gasteiger partial charge in [-0.05, 0) is 46.1 Å². The summed E-state index contributed by atoms with van der Waals surface area (Å²) >= 11 is 0. The number of aliphatic imine (C=N–C) groups is 1. The molecule has 6 nitrogen and oxygen atoms in total. The van der Waals surface area contributed by atoms with Crippen molar-refractivity contribution in [3.8, 4) is 0 Å². The third kappa shape index (κ3) is 6.44. The number of rotatable bonds is 7. The van der Waals surface area contributed by atoms with Gasteiger partial charge in [-0.1, -0.05) is 30.3 Å². The molecule has 0 bridgehead atoms. The number of benzene rings is 1. The molecular weight excluding hydrogens is 489 g/mol. The Kier molecular flexibility index (Phi) is 10.1. The predicted molar refractivity (Wildman–Crippen MR) is 134 cm³/mol. The molecule has 1 fully saturated rings. The number of nitrogens with zero attached hydrogens (tertiary/aromatic N) is 4. The molecule has 1 aliphatic heterocycles. The first kappa shape index (κ1) is 24.7. The highest BCUT2D eigenvalue weighted by atomic mass is 127. The summed E-state index contributed by atoms with van der Waals surface area (Å²) in [5, 5.41) is 8.23. The van der Waals surface area contributed by atoms with Gasteiger partial charge < -0.3 is 15.0 Å². The van der Waals surface area contributed by atoms with E-state index in [0.717, 1.165) is 57.3 Å². The Morgan fingerprint density at radius 2 is 1.87 bits per heavy atom. The summed E-state index contributed by atoms with van der Waals surface area (Å²) in [6, 6.07) is 10.5. The molecule has 166 valence electrons. The van der Waals surface area contributed by atoms with Gasteiger partial charge >= 0.3 is 0 Å². The van der Waals surface area contributed by atoms with E-state index in [1.807, 2.05) is 6.07 Å². The van der Waals surface area contributed by atoms with Gasteiger partial charge in [-0.25, -0.2) is 4.99 Å². The fourth-order valence-electron chi connectivity index (χ4n) is 3.92. The van der Waals surface area contributed by atoms with Gasteiger partial charge in [0.2, 0.25) is 0 Å². The molecule has 0 saturated carbocycles. The van der Waals surface area contributed by atoms with Gasteiger partial charge in [-0.2, -0.15) is 5.10 Å². The molecule has 0 aliphatic carbocycles. The van der Waals surface area contributed by atoms with Crippen LogP contribution in [0.5, 0.6) is 0 Å². The molecular formula is C23H36IN5O. The molecule has 30 heavy (non-hydrogen) atoms. The highest BCUT2D eigenvalue weighted by Gasteiger charge is 2.22. The summed E-state index contributed by atoms with van der Waals surface area (Å²) in [6.45, 7) is 13.5. The van der Waals surface area contributed by atoms with Crippen LogP contribution >= 0.6 is 24.0 Å². The Bertz CT molecular complexity index is 797. The molecule has 1 aromatic heterocycles. The minimum Gasteiger partial charge on any atom is -0.378 e. The molecule has 1 aliphatic rings. The zero-order valence-corrected chi connectivity index (χ0v) is 21.1. The zero-order chi connectivity index (χ0) is 20.6. The smallest absolute Gasteiger partial charge is 0.194 e. The molecule has 0 amide bonds. The summed E-state index contributed by atoms with van der Waals surface area (Å²) in [7, 11) is 0. The normalized spacial score (nSPS) is 15.2. The van der Waals surface area contributed by atoms with Gasteiger partial charge in [0.15, 0.2) is 5.96 Å². The Labute approximate surface area is 198 Å². The molecule has 1 saturated heterocycles. The van der Waals surface area contributed by atoms with Gasteiger partial charge in [0, 0.05) is 37.5 Å². The van der Waals surface area contributed by atoms with E-state index in [4.69, 9.17) is 14.8 Å². The van der Waals surface area contributed by atoms with E-state index < -0.39 is 0 Å². The average molecular weight is 525 g/mol. The quantitative estimate of drug-likeness (QED) is 0.336. The van der Waals surface area contributed by atoms with Crippen LogP contribution in [0.3, 0.4) is 0 Å². The van der Waals surface area contributed by atoms with Crippen molar-refractivity contribution < 1.29 is 4.74 Å². The van der Waals surface area contributed by atoms with Crippen molar-refractivity contribution in [2.45, 2.75) is 59.7 Å². The molecule has 0 unspecified atom stereocenters. The van der Waals surface area contributed by atoms with Gasteiger partial charge in [0.25, 0.3) is 0 Å². The van der Waals surface area contributed by atoms with E-state index in [2.05, 4.69) is 66.9 Å². The SMILES string of the molecule is CCNC(=NCc1c(C)nn(Cc2ccccc2)c1C)N1CCC(OCC)CC1.I. The second kappa shape index (κ2) is 12.3. The Morgan fingerprint density at radius 3 is 2.50 bits per heavy atom. The van der Waals surface area contributed by atoms with Crippen molar-refractivity contribution in [2.75, 3.05) is 26.2 Å². The lowest BCUT2D eigenvalue weighted by Crippen LogP contribution is -2.47. The molecule has 2 aromatic rings. The first-order valence-electron chi connectivity index (χ1n) is 10.8. The summed E-state index contributed by atoms with van der Waals surface area (Å²) < 4.78 is 7.88. The lowest BCUT2D eigenvalue weighted by Gasteiger charge is -2.34. The van der Waals surface area contributed by atoms with Gasteiger partial charge in [0.05, 0.1) is 24.9 Å². The minimum absolute atomic E-state index is 0. The van der Waals surface area contributed by atoms with Crippen molar-refractivity contribution in [2.24, 2.45) is 4.99 Å². The Balaban J connectivity index is 0.00000320. The number of likely N-dealkylation sites (tertiary alicyclic amines) is 1. The topological polar surface area (TPSA) is 54.7 Å². The van der Waals surface area contributed by atoms with Crippen LogP contribution in [-0.2, 0) is 17.8 Å². The zero-order valence-electron chi connectivity index (χ0n) is 18.7. The Hall–Kier alpha value is -1.61. The number of ether oxygens (including phenoxy) is 1. The maximum Gasteiger partial charge on any atom is 0.194 e. The van der Waals surface area contributed by atoms with Gasteiger partial charge in [-0.15, -0.1) is 24.0 Å². The number of nitrogens with one attached hydrogen (secondary N) is 1. The predicted octanol–water partition coefficient (Wildman–Crippen LogP) is 4.13. The van der Waals surface area contributed by atoms with Gasteiger partial charge in [0.1, 0.15) is 0 Å². The number of aryl methyl sites for hydroxylation is 1. The fraction of sp³-hybridized carbons (Fsp3) is 0.565. The van der Waals surface area contributed by atoms with E-state index in [0.29, 0.717) is 12.6 Å². The molecule has 0 spiro atoms. The van der Waals surface area contributed by atoms with Crippen molar-refractivity contribution in [1.29, 1.82) is 0 Å². The van der Waals surface area contributed by atoms with Crippen molar-refractivity contribution in [3.63, 3.8) is 0 Å². The largest absolute Gasteiger partial charge is 0.378 e. The molecule has 7 heteroatoms. The number of aromatic nitrogens is 2. The number of hydrogen-bond donors (Lipinski definition) is 1. The minimum atomic E-state index is 0. The van der Waals surface area contributed by atoms with Crippen LogP contribution < -0.4 is 5.32 Å². The highest BCUT2D eigenvalue weighted by molar-refractivity contribution is 14.0. The monoisotopic (exact) mass is 525 g/mol. The van der Waals surface area contributed by atoms with Crippen LogP contribution in [0.15, 0.2) is 35.3 Å². The first-order chi connectivity index (χ1) is 14.1. The number of guanidine groups is 1. The van der Waals surface area contributed by atoms with E-state index in [1.54, 1.807) is 0 Å². The van der Waals surface area contributed by atoms with Crippen LogP contribution in [0.25, 0.3) is 0 Å². The summed E-state index contributed by atoms with van der Waals surface area (Å²) in [5.74, 6) is 0.997. The number of hydrogen-bond acceptors (Lipinski definition) is 3. The van der Waals surface area contributed by atoms with Crippen LogP contribution in [0.4, 0.5) is 0 Å². The molecule has 1 N–H and O–H groups in total. The van der Waals surface area contributed by atoms with Crippen LogP contribution in [-0.4, -0.2) is 53.0 Å². The highest BCUT2D eigenvalue weighted by Crippen LogP contribution is 2.17. The second-order valence-corrected chi connectivity index (χ2v) is 7.60. The van der Waals surface area contributed by atoms with Crippen molar-refractivity contribution in [3.05, 3.63) is 52.8 Å². The van der Waals surface area contributed by atoms with E-state index in [9.17, 15) is 0 Å². The van der Waals surface area contributed by atoms with Crippen molar-refractivity contribution >= 4 is 29.9 Å². The van der Waals surface area contributed by atoms with E-state index in [-0.39, 0.29) is 24.0 Å². The molecule has 2 heterocycles. The maximum atomic E-state index is 5.79. The summed E-state index contributed by atoms with van der Waals surface area (Å²) in [5.41, 5.74) is 4.74. The van der Waals surface area contributed by atoms with Crippen LogP contribution in [0.2, 0.25) is 0 Å². The van der Waals surface area contributed by atoms with Crippen LogP contribution in [0.1, 0.15) is 49.2 Å². The maximum absolute atomic E-state index is 5.79. The summed E-state index contributed by atoms with van der Waals surface area (Å²) in [6.07, 6.45) is 2.51. The molecule has 3 rings (SSSR count). The lowest BCUT2D eigenvalue weighted by molar-refractivity contribution is 0.0263.